The number of methoxy groups -OCH3 is 1. The molecular formula is C14H30O4Si. The highest BCUT2D eigenvalue weighted by Gasteiger charge is 2.38. The molecule has 0 aromatic carbocycles. The number of rotatable bonds is 6. The Hall–Kier alpha value is -0.683. The molecule has 0 saturated heterocycles. The Morgan fingerprint density at radius 1 is 1.05 bits per heavy atom. The van der Waals surface area contributed by atoms with E-state index >= 15 is 0 Å². The number of ether oxygens (including phenoxy) is 3. The third kappa shape index (κ3) is 7.47. The van der Waals surface area contributed by atoms with E-state index < -0.39 is 8.32 Å². The van der Waals surface area contributed by atoms with Gasteiger partial charge in [0.05, 0.1) is 0 Å². The molecule has 0 N–H and O–H groups in total. The van der Waals surface area contributed by atoms with Gasteiger partial charge < -0.3 is 18.6 Å². The summed E-state index contributed by atoms with van der Waals surface area (Å²) < 4.78 is 22.0. The quantitative estimate of drug-likeness (QED) is 0.416. The lowest BCUT2D eigenvalue weighted by molar-refractivity contribution is -0.0987. The van der Waals surface area contributed by atoms with E-state index in [4.69, 9.17) is 18.6 Å². The van der Waals surface area contributed by atoms with Gasteiger partial charge in [-0.15, -0.1) is 0 Å². The van der Waals surface area contributed by atoms with Crippen LogP contribution in [0, 0.1) is 0 Å². The van der Waals surface area contributed by atoms with Gasteiger partial charge in [-0.05, 0) is 38.9 Å². The SMILES string of the molecule is COCO/C(=C\O[Si](C)(C)C(C)(C)C)OC(C)(C)C. The molecule has 0 aliphatic rings. The Morgan fingerprint density at radius 3 is 1.95 bits per heavy atom. The summed E-state index contributed by atoms with van der Waals surface area (Å²) in [5.74, 6) is 0.360. The van der Waals surface area contributed by atoms with Crippen LogP contribution in [-0.4, -0.2) is 27.8 Å². The van der Waals surface area contributed by atoms with Gasteiger partial charge in [0.1, 0.15) is 11.9 Å². The summed E-state index contributed by atoms with van der Waals surface area (Å²) >= 11 is 0. The molecule has 0 amide bonds. The van der Waals surface area contributed by atoms with Gasteiger partial charge in [-0.25, -0.2) is 0 Å². The van der Waals surface area contributed by atoms with Gasteiger partial charge in [0.25, 0.3) is 0 Å². The van der Waals surface area contributed by atoms with Crippen molar-refractivity contribution in [2.75, 3.05) is 13.9 Å². The summed E-state index contributed by atoms with van der Waals surface area (Å²) in [5.41, 5.74) is -0.337. The van der Waals surface area contributed by atoms with E-state index in [1.54, 1.807) is 13.4 Å². The van der Waals surface area contributed by atoms with E-state index in [2.05, 4.69) is 33.9 Å². The van der Waals surface area contributed by atoms with Crippen LogP contribution in [0.5, 0.6) is 0 Å². The summed E-state index contributed by atoms with van der Waals surface area (Å²) in [6.45, 7) is 16.9. The van der Waals surface area contributed by atoms with Crippen LogP contribution in [0.4, 0.5) is 0 Å². The topological polar surface area (TPSA) is 36.9 Å². The van der Waals surface area contributed by atoms with Crippen molar-refractivity contribution in [2.24, 2.45) is 0 Å². The van der Waals surface area contributed by atoms with Crippen molar-refractivity contribution in [3.8, 4) is 0 Å². The zero-order chi connectivity index (χ0) is 15.3. The molecule has 0 spiro atoms. The van der Waals surface area contributed by atoms with Crippen molar-refractivity contribution in [3.63, 3.8) is 0 Å². The van der Waals surface area contributed by atoms with Crippen LogP contribution >= 0.6 is 0 Å². The average Bonchev–Trinajstić information content (AvgIpc) is 2.18. The van der Waals surface area contributed by atoms with Crippen LogP contribution in [0.2, 0.25) is 18.1 Å². The molecule has 0 radical (unpaired) electrons. The van der Waals surface area contributed by atoms with Gasteiger partial charge in [-0.2, -0.15) is 0 Å². The molecule has 4 nitrogen and oxygen atoms in total. The summed E-state index contributed by atoms with van der Waals surface area (Å²) in [6.07, 6.45) is 1.59. The first-order valence-electron chi connectivity index (χ1n) is 6.58. The zero-order valence-electron chi connectivity index (χ0n) is 13.9. The Kier molecular flexibility index (Phi) is 6.42. The third-order valence-corrected chi connectivity index (χ3v) is 7.30. The second-order valence-electron chi connectivity index (χ2n) is 7.08. The standard InChI is InChI=1S/C14H30O4Si/c1-13(2,3)18-12(16-11-15-7)10-17-19(8,9)14(4,5)6/h10H,11H2,1-9H3/b12-10+. The van der Waals surface area contributed by atoms with Crippen LogP contribution < -0.4 is 0 Å². The molecule has 0 rings (SSSR count). The maximum absolute atomic E-state index is 5.97. The lowest BCUT2D eigenvalue weighted by Gasteiger charge is -2.35. The van der Waals surface area contributed by atoms with E-state index in [-0.39, 0.29) is 17.4 Å². The van der Waals surface area contributed by atoms with Crippen molar-refractivity contribution >= 4 is 8.32 Å². The third-order valence-electron chi connectivity index (χ3n) is 2.98. The first-order valence-corrected chi connectivity index (χ1v) is 9.48. The summed E-state index contributed by atoms with van der Waals surface area (Å²) in [7, 11) is -0.287. The highest BCUT2D eigenvalue weighted by atomic mass is 28.4. The van der Waals surface area contributed by atoms with E-state index in [1.807, 2.05) is 20.8 Å². The highest BCUT2D eigenvalue weighted by molar-refractivity contribution is 6.74. The fourth-order valence-corrected chi connectivity index (χ4v) is 1.62. The van der Waals surface area contributed by atoms with E-state index in [0.29, 0.717) is 5.95 Å². The molecule has 0 aromatic rings. The minimum atomic E-state index is -1.86. The fourth-order valence-electron chi connectivity index (χ4n) is 0.879. The minimum absolute atomic E-state index is 0.137. The van der Waals surface area contributed by atoms with Gasteiger partial charge >= 0.3 is 5.95 Å². The van der Waals surface area contributed by atoms with Crippen molar-refractivity contribution in [3.05, 3.63) is 12.2 Å². The van der Waals surface area contributed by atoms with Crippen LogP contribution in [0.3, 0.4) is 0 Å². The maximum atomic E-state index is 5.97. The van der Waals surface area contributed by atoms with Crippen LogP contribution in [0.25, 0.3) is 0 Å². The van der Waals surface area contributed by atoms with Crippen molar-refractivity contribution in [2.45, 2.75) is 65.3 Å². The Morgan fingerprint density at radius 2 is 1.58 bits per heavy atom. The van der Waals surface area contributed by atoms with Gasteiger partial charge in [0.2, 0.25) is 8.32 Å². The first-order chi connectivity index (χ1) is 8.39. The fraction of sp³-hybridized carbons (Fsp3) is 0.857. The second kappa shape index (κ2) is 6.66. The molecule has 0 atom stereocenters. The van der Waals surface area contributed by atoms with E-state index in [9.17, 15) is 0 Å². The molecule has 0 unspecified atom stereocenters. The molecule has 0 bridgehead atoms. The van der Waals surface area contributed by atoms with Crippen molar-refractivity contribution in [1.82, 2.24) is 0 Å². The largest absolute Gasteiger partial charge is 0.544 e. The monoisotopic (exact) mass is 290 g/mol. The normalized spacial score (nSPS) is 14.3. The lowest BCUT2D eigenvalue weighted by Crippen LogP contribution is -2.39. The molecule has 0 saturated carbocycles. The summed E-state index contributed by atoms with van der Waals surface area (Å²) in [5, 5.41) is 0.137. The zero-order valence-corrected chi connectivity index (χ0v) is 14.9. The molecule has 0 aromatic heterocycles. The van der Waals surface area contributed by atoms with Crippen LogP contribution in [-0.2, 0) is 18.6 Å². The van der Waals surface area contributed by atoms with Gasteiger partial charge in [-0.1, -0.05) is 20.8 Å². The second-order valence-corrected chi connectivity index (χ2v) is 11.8. The Bertz CT molecular complexity index is 298. The van der Waals surface area contributed by atoms with Gasteiger partial charge in [-0.3, -0.25) is 0 Å². The first kappa shape index (κ1) is 18.3. The van der Waals surface area contributed by atoms with Crippen LogP contribution in [0.1, 0.15) is 41.5 Å². The van der Waals surface area contributed by atoms with E-state index in [1.165, 1.54) is 0 Å². The lowest BCUT2D eigenvalue weighted by atomic mass is 10.2. The summed E-state index contributed by atoms with van der Waals surface area (Å²) in [6, 6.07) is 0. The predicted octanol–water partition coefficient (Wildman–Crippen LogP) is 4.24. The molecule has 0 fully saturated rings. The molecule has 5 heteroatoms. The molecule has 0 aliphatic carbocycles. The smallest absolute Gasteiger partial charge is 0.316 e. The van der Waals surface area contributed by atoms with Crippen LogP contribution in [0.15, 0.2) is 12.2 Å². The molecule has 0 heterocycles. The predicted molar refractivity (Wildman–Crippen MR) is 80.2 cm³/mol. The number of hydrogen-bond donors (Lipinski definition) is 0. The van der Waals surface area contributed by atoms with Gasteiger partial charge in [0, 0.05) is 7.11 Å². The minimum Gasteiger partial charge on any atom is -0.544 e. The molecule has 19 heavy (non-hydrogen) atoms. The average molecular weight is 290 g/mol. The highest BCUT2D eigenvalue weighted by Crippen LogP contribution is 2.37. The Balaban J connectivity index is 4.81. The summed E-state index contributed by atoms with van der Waals surface area (Å²) in [4.78, 5) is 0. The maximum Gasteiger partial charge on any atom is 0.316 e. The molecular weight excluding hydrogens is 260 g/mol. The Labute approximate surface area is 119 Å². The number of hydrogen-bond acceptors (Lipinski definition) is 4. The van der Waals surface area contributed by atoms with Crippen molar-refractivity contribution < 1.29 is 18.6 Å². The molecule has 0 aliphatic heterocycles. The van der Waals surface area contributed by atoms with Gasteiger partial charge in [0.15, 0.2) is 6.79 Å². The molecule has 114 valence electrons. The van der Waals surface area contributed by atoms with E-state index in [0.717, 1.165) is 0 Å². The van der Waals surface area contributed by atoms with Crippen molar-refractivity contribution in [1.29, 1.82) is 0 Å².